The standard InChI is InChI=1S/C17H23NO2/c1-3-12-20-16-7-8-17-14(13-16)9-11-18(17)10-5-6-15(19)4-2/h7-9,11,13H,3-6,10,12H2,1-2H3. The van der Waals surface area contributed by atoms with Crippen LogP contribution in [-0.2, 0) is 11.3 Å². The Kier molecular flexibility index (Phi) is 5.22. The lowest BCUT2D eigenvalue weighted by molar-refractivity contribution is -0.118. The van der Waals surface area contributed by atoms with Crippen molar-refractivity contribution >= 4 is 16.7 Å². The van der Waals surface area contributed by atoms with Gasteiger partial charge in [0.05, 0.1) is 6.61 Å². The number of hydrogen-bond acceptors (Lipinski definition) is 2. The number of carbonyl (C=O) groups excluding carboxylic acids is 1. The number of fused-ring (bicyclic) bond motifs is 1. The molecule has 0 bridgehead atoms. The van der Waals surface area contributed by atoms with Gasteiger partial charge in [-0.2, -0.15) is 0 Å². The molecule has 0 aliphatic heterocycles. The van der Waals surface area contributed by atoms with Crippen molar-refractivity contribution in [2.45, 2.75) is 46.1 Å². The lowest BCUT2D eigenvalue weighted by Gasteiger charge is -2.07. The number of ketones is 1. The van der Waals surface area contributed by atoms with Crippen LogP contribution in [0, 0.1) is 0 Å². The normalized spacial score (nSPS) is 10.9. The molecule has 0 radical (unpaired) electrons. The molecule has 3 heteroatoms. The van der Waals surface area contributed by atoms with Crippen LogP contribution in [0.5, 0.6) is 5.75 Å². The summed E-state index contributed by atoms with van der Waals surface area (Å²) in [7, 11) is 0. The van der Waals surface area contributed by atoms with Gasteiger partial charge in [-0.05, 0) is 37.1 Å². The molecule has 2 aromatic rings. The minimum absolute atomic E-state index is 0.344. The van der Waals surface area contributed by atoms with Gasteiger partial charge in [-0.15, -0.1) is 0 Å². The highest BCUT2D eigenvalue weighted by Gasteiger charge is 2.04. The molecule has 1 aromatic heterocycles. The number of nitrogens with zero attached hydrogens (tertiary/aromatic N) is 1. The molecule has 0 aliphatic rings. The van der Waals surface area contributed by atoms with Crippen molar-refractivity contribution in [3.8, 4) is 5.75 Å². The highest BCUT2D eigenvalue weighted by atomic mass is 16.5. The van der Waals surface area contributed by atoms with Crippen LogP contribution in [0.1, 0.15) is 39.5 Å². The topological polar surface area (TPSA) is 31.2 Å². The maximum absolute atomic E-state index is 11.3. The van der Waals surface area contributed by atoms with E-state index in [1.54, 1.807) is 0 Å². The smallest absolute Gasteiger partial charge is 0.132 e. The third kappa shape index (κ3) is 3.62. The molecular formula is C17H23NO2. The van der Waals surface area contributed by atoms with Crippen LogP contribution in [0.4, 0.5) is 0 Å². The summed E-state index contributed by atoms with van der Waals surface area (Å²) < 4.78 is 7.86. The number of aromatic nitrogens is 1. The molecule has 1 heterocycles. The van der Waals surface area contributed by atoms with Gasteiger partial charge < -0.3 is 9.30 Å². The van der Waals surface area contributed by atoms with E-state index in [0.717, 1.165) is 31.7 Å². The predicted molar refractivity (Wildman–Crippen MR) is 82.3 cm³/mol. The van der Waals surface area contributed by atoms with Gasteiger partial charge in [0.1, 0.15) is 11.5 Å². The molecule has 0 unspecified atom stereocenters. The molecule has 0 aliphatic carbocycles. The second kappa shape index (κ2) is 7.13. The Morgan fingerprint density at radius 1 is 1.25 bits per heavy atom. The Balaban J connectivity index is 2.02. The zero-order chi connectivity index (χ0) is 14.4. The molecule has 0 spiro atoms. The fraction of sp³-hybridized carbons (Fsp3) is 0.471. The summed E-state index contributed by atoms with van der Waals surface area (Å²) >= 11 is 0. The number of hydrogen-bond donors (Lipinski definition) is 0. The summed E-state index contributed by atoms with van der Waals surface area (Å²) in [4.78, 5) is 11.3. The maximum atomic E-state index is 11.3. The lowest BCUT2D eigenvalue weighted by Crippen LogP contribution is -2.01. The van der Waals surface area contributed by atoms with Crippen LogP contribution >= 0.6 is 0 Å². The molecule has 0 fully saturated rings. The zero-order valence-electron chi connectivity index (χ0n) is 12.4. The number of Topliss-reactive ketones (excluding diaryl/α,β-unsaturated/α-hetero) is 1. The molecular weight excluding hydrogens is 250 g/mol. The van der Waals surface area contributed by atoms with Gasteiger partial charge in [0.15, 0.2) is 0 Å². The zero-order valence-corrected chi connectivity index (χ0v) is 12.4. The van der Waals surface area contributed by atoms with Gasteiger partial charge in [0, 0.05) is 36.5 Å². The highest BCUT2D eigenvalue weighted by molar-refractivity contribution is 5.81. The molecule has 0 atom stereocenters. The first kappa shape index (κ1) is 14.6. The summed E-state index contributed by atoms with van der Waals surface area (Å²) in [5.41, 5.74) is 1.21. The average Bonchev–Trinajstić information content (AvgIpc) is 2.87. The summed E-state index contributed by atoms with van der Waals surface area (Å²) in [6, 6.07) is 8.31. The van der Waals surface area contributed by atoms with Gasteiger partial charge in [0.25, 0.3) is 0 Å². The Bertz CT molecular complexity index is 571. The molecule has 108 valence electrons. The van der Waals surface area contributed by atoms with Crippen LogP contribution in [0.3, 0.4) is 0 Å². The first-order chi connectivity index (χ1) is 9.74. The van der Waals surface area contributed by atoms with Gasteiger partial charge in [-0.25, -0.2) is 0 Å². The third-order valence-corrected chi connectivity index (χ3v) is 3.46. The van der Waals surface area contributed by atoms with E-state index in [0.29, 0.717) is 18.6 Å². The van der Waals surface area contributed by atoms with Crippen molar-refractivity contribution in [1.82, 2.24) is 4.57 Å². The Morgan fingerprint density at radius 2 is 2.10 bits per heavy atom. The van der Waals surface area contributed by atoms with E-state index in [2.05, 4.69) is 35.9 Å². The second-order valence-corrected chi connectivity index (χ2v) is 5.07. The van der Waals surface area contributed by atoms with Crippen molar-refractivity contribution in [2.24, 2.45) is 0 Å². The average molecular weight is 273 g/mol. The van der Waals surface area contributed by atoms with Crippen LogP contribution in [-0.4, -0.2) is 17.0 Å². The van der Waals surface area contributed by atoms with Gasteiger partial charge in [-0.3, -0.25) is 4.79 Å². The Labute approximate surface area is 120 Å². The quantitative estimate of drug-likeness (QED) is 0.722. The van der Waals surface area contributed by atoms with Crippen molar-refractivity contribution < 1.29 is 9.53 Å². The fourth-order valence-electron chi connectivity index (χ4n) is 2.31. The van der Waals surface area contributed by atoms with E-state index in [-0.39, 0.29) is 0 Å². The molecule has 2 rings (SSSR count). The van der Waals surface area contributed by atoms with E-state index >= 15 is 0 Å². The predicted octanol–water partition coefficient (Wildman–Crippen LogP) is 4.19. The SMILES string of the molecule is CCCOc1ccc2c(ccn2CCCC(=O)CC)c1. The monoisotopic (exact) mass is 273 g/mol. The van der Waals surface area contributed by atoms with Gasteiger partial charge in [0.2, 0.25) is 0 Å². The lowest BCUT2D eigenvalue weighted by atomic mass is 10.2. The first-order valence-corrected chi connectivity index (χ1v) is 7.48. The van der Waals surface area contributed by atoms with Crippen LogP contribution in [0.15, 0.2) is 30.5 Å². The number of ether oxygens (including phenoxy) is 1. The van der Waals surface area contributed by atoms with Gasteiger partial charge >= 0.3 is 0 Å². The highest BCUT2D eigenvalue weighted by Crippen LogP contribution is 2.22. The molecule has 0 amide bonds. The van der Waals surface area contributed by atoms with E-state index in [9.17, 15) is 4.79 Å². The third-order valence-electron chi connectivity index (χ3n) is 3.46. The number of carbonyl (C=O) groups is 1. The largest absolute Gasteiger partial charge is 0.494 e. The molecule has 0 saturated carbocycles. The van der Waals surface area contributed by atoms with Crippen molar-refractivity contribution in [1.29, 1.82) is 0 Å². The van der Waals surface area contributed by atoms with Crippen molar-refractivity contribution in [2.75, 3.05) is 6.61 Å². The van der Waals surface area contributed by atoms with E-state index in [1.165, 1.54) is 10.9 Å². The first-order valence-electron chi connectivity index (χ1n) is 7.48. The van der Waals surface area contributed by atoms with E-state index in [4.69, 9.17) is 4.74 Å². The fourth-order valence-corrected chi connectivity index (χ4v) is 2.31. The molecule has 3 nitrogen and oxygen atoms in total. The van der Waals surface area contributed by atoms with Crippen LogP contribution in [0.25, 0.3) is 10.9 Å². The second-order valence-electron chi connectivity index (χ2n) is 5.07. The number of benzene rings is 1. The summed E-state index contributed by atoms with van der Waals surface area (Å²) in [5.74, 6) is 1.27. The van der Waals surface area contributed by atoms with E-state index in [1.807, 2.05) is 13.0 Å². The maximum Gasteiger partial charge on any atom is 0.132 e. The molecule has 0 N–H and O–H groups in total. The van der Waals surface area contributed by atoms with Crippen molar-refractivity contribution in [3.63, 3.8) is 0 Å². The number of aryl methyl sites for hydroxylation is 1. The number of rotatable bonds is 8. The molecule has 20 heavy (non-hydrogen) atoms. The minimum atomic E-state index is 0.344. The van der Waals surface area contributed by atoms with Gasteiger partial charge in [-0.1, -0.05) is 13.8 Å². The molecule has 0 saturated heterocycles. The molecule has 1 aromatic carbocycles. The summed E-state index contributed by atoms with van der Waals surface area (Å²) in [6.07, 6.45) is 5.33. The minimum Gasteiger partial charge on any atom is -0.494 e. The Hall–Kier alpha value is -1.77. The summed E-state index contributed by atoms with van der Waals surface area (Å²) in [5, 5.41) is 1.19. The summed E-state index contributed by atoms with van der Waals surface area (Å²) in [6.45, 7) is 5.67. The van der Waals surface area contributed by atoms with Crippen LogP contribution < -0.4 is 4.74 Å². The van der Waals surface area contributed by atoms with Crippen LogP contribution in [0.2, 0.25) is 0 Å². The van der Waals surface area contributed by atoms with Crippen molar-refractivity contribution in [3.05, 3.63) is 30.5 Å². The Morgan fingerprint density at radius 3 is 2.85 bits per heavy atom. The van der Waals surface area contributed by atoms with E-state index < -0.39 is 0 Å².